The van der Waals surface area contributed by atoms with Crippen molar-refractivity contribution < 1.29 is 4.79 Å². The molecule has 1 N–H and O–H groups in total. The molecule has 0 aliphatic carbocycles. The van der Waals surface area contributed by atoms with Crippen LogP contribution in [0.1, 0.15) is 22.4 Å². The van der Waals surface area contributed by atoms with Crippen LogP contribution in [0.15, 0.2) is 65.5 Å². The number of carbonyl (C=O) groups excluding carboxylic acids is 1. The molecule has 0 aliphatic heterocycles. The molecule has 0 saturated carbocycles. The topological polar surface area (TPSA) is 68.9 Å². The van der Waals surface area contributed by atoms with Crippen LogP contribution in [0.4, 0.5) is 0 Å². The molecule has 1 amide bonds. The molecule has 0 saturated heterocycles. The van der Waals surface area contributed by atoms with Gasteiger partial charge in [-0.25, -0.2) is 4.68 Å². The van der Waals surface area contributed by atoms with Gasteiger partial charge in [0.1, 0.15) is 12.2 Å². The van der Waals surface area contributed by atoms with Gasteiger partial charge in [0.15, 0.2) is 0 Å². The van der Waals surface area contributed by atoms with Crippen molar-refractivity contribution in [2.45, 2.75) is 33.9 Å². The monoisotopic (exact) mass is 400 g/mol. The van der Waals surface area contributed by atoms with Gasteiger partial charge in [0.25, 0.3) is 5.56 Å². The number of amides is 1. The van der Waals surface area contributed by atoms with Gasteiger partial charge < -0.3 is 5.32 Å². The van der Waals surface area contributed by atoms with E-state index in [1.54, 1.807) is 10.7 Å². The maximum atomic E-state index is 12.9. The molecule has 0 bridgehead atoms. The predicted octanol–water partition coefficient (Wildman–Crippen LogP) is 3.43. The summed E-state index contributed by atoms with van der Waals surface area (Å²) in [6.07, 6.45) is 0. The van der Waals surface area contributed by atoms with E-state index in [9.17, 15) is 9.59 Å². The Morgan fingerprint density at radius 1 is 1.00 bits per heavy atom. The lowest BCUT2D eigenvalue weighted by molar-refractivity contribution is -0.121. The molecule has 30 heavy (non-hydrogen) atoms. The molecule has 2 heterocycles. The summed E-state index contributed by atoms with van der Waals surface area (Å²) in [6.45, 7) is 6.19. The molecule has 2 aromatic heterocycles. The zero-order chi connectivity index (χ0) is 21.3. The molecule has 0 radical (unpaired) electrons. The third kappa shape index (κ3) is 3.76. The van der Waals surface area contributed by atoms with Crippen molar-refractivity contribution in [2.24, 2.45) is 0 Å². The fourth-order valence-corrected chi connectivity index (χ4v) is 3.68. The van der Waals surface area contributed by atoms with Gasteiger partial charge in [-0.2, -0.15) is 5.10 Å². The van der Waals surface area contributed by atoms with E-state index < -0.39 is 0 Å². The van der Waals surface area contributed by atoms with Crippen molar-refractivity contribution in [3.05, 3.63) is 93.4 Å². The molecule has 0 fully saturated rings. The van der Waals surface area contributed by atoms with E-state index in [-0.39, 0.29) is 18.0 Å². The minimum Gasteiger partial charge on any atom is -0.350 e. The van der Waals surface area contributed by atoms with E-state index in [1.165, 1.54) is 4.57 Å². The summed E-state index contributed by atoms with van der Waals surface area (Å²) >= 11 is 0. The highest BCUT2D eigenvalue weighted by atomic mass is 16.2. The Balaban J connectivity index is 1.74. The van der Waals surface area contributed by atoms with Crippen LogP contribution in [0.5, 0.6) is 0 Å². The zero-order valence-electron chi connectivity index (χ0n) is 17.3. The smallest absolute Gasteiger partial charge is 0.252 e. The van der Waals surface area contributed by atoms with E-state index in [0.29, 0.717) is 12.2 Å². The van der Waals surface area contributed by atoms with Gasteiger partial charge in [0, 0.05) is 18.0 Å². The van der Waals surface area contributed by atoms with Gasteiger partial charge in [-0.05, 0) is 44.0 Å². The van der Waals surface area contributed by atoms with E-state index in [2.05, 4.69) is 10.4 Å². The Hall–Kier alpha value is -3.67. The van der Waals surface area contributed by atoms with E-state index in [4.69, 9.17) is 0 Å². The Morgan fingerprint density at radius 2 is 1.70 bits per heavy atom. The molecule has 6 heteroatoms. The maximum Gasteiger partial charge on any atom is 0.252 e. The molecule has 6 nitrogen and oxygen atoms in total. The van der Waals surface area contributed by atoms with Gasteiger partial charge >= 0.3 is 0 Å². The molecule has 0 spiro atoms. The number of pyridine rings is 1. The van der Waals surface area contributed by atoms with Crippen molar-refractivity contribution in [3.63, 3.8) is 0 Å². The summed E-state index contributed by atoms with van der Waals surface area (Å²) in [5.74, 6) is -0.222. The standard InChI is InChI=1S/C24H24N4O2/c1-16-9-11-20(12-10-16)28-24-23(18(3)26-28)17(2)13-22(30)27(24)15-21(29)25-14-19-7-5-4-6-8-19/h4-13H,14-15H2,1-3H3,(H,25,29). The molecular formula is C24H24N4O2. The lowest BCUT2D eigenvalue weighted by Crippen LogP contribution is -2.32. The number of hydrogen-bond donors (Lipinski definition) is 1. The molecule has 4 aromatic rings. The van der Waals surface area contributed by atoms with Gasteiger partial charge in [0.05, 0.1) is 11.4 Å². The van der Waals surface area contributed by atoms with Gasteiger partial charge in [-0.1, -0.05) is 48.0 Å². The molecular weight excluding hydrogens is 376 g/mol. The summed E-state index contributed by atoms with van der Waals surface area (Å²) in [6, 6.07) is 19.2. The second kappa shape index (κ2) is 7.99. The normalized spacial score (nSPS) is 11.0. The minimum absolute atomic E-state index is 0.0700. The summed E-state index contributed by atoms with van der Waals surface area (Å²) in [7, 11) is 0. The number of aryl methyl sites for hydroxylation is 3. The van der Waals surface area contributed by atoms with E-state index >= 15 is 0 Å². The first-order chi connectivity index (χ1) is 14.4. The van der Waals surface area contributed by atoms with Crippen molar-refractivity contribution in [3.8, 4) is 5.69 Å². The van der Waals surface area contributed by atoms with Gasteiger partial charge in [-0.3, -0.25) is 14.2 Å². The molecule has 0 aliphatic rings. The second-order valence-electron chi connectivity index (χ2n) is 7.55. The number of nitrogens with one attached hydrogen (secondary N) is 1. The first-order valence-corrected chi connectivity index (χ1v) is 9.91. The second-order valence-corrected chi connectivity index (χ2v) is 7.55. The summed E-state index contributed by atoms with van der Waals surface area (Å²) in [5.41, 5.74) is 5.09. The highest BCUT2D eigenvalue weighted by Crippen LogP contribution is 2.24. The van der Waals surface area contributed by atoms with Crippen LogP contribution in [-0.4, -0.2) is 20.3 Å². The average Bonchev–Trinajstić information content (AvgIpc) is 3.08. The Morgan fingerprint density at radius 3 is 2.40 bits per heavy atom. The third-order valence-electron chi connectivity index (χ3n) is 5.20. The minimum atomic E-state index is -0.222. The number of fused-ring (bicyclic) bond motifs is 1. The Labute approximate surface area is 174 Å². The van der Waals surface area contributed by atoms with Crippen LogP contribution < -0.4 is 10.9 Å². The highest BCUT2D eigenvalue weighted by molar-refractivity contribution is 5.85. The summed E-state index contributed by atoms with van der Waals surface area (Å²) < 4.78 is 3.26. The number of rotatable bonds is 5. The molecule has 0 unspecified atom stereocenters. The first-order valence-electron chi connectivity index (χ1n) is 9.91. The number of benzene rings is 2. The number of aromatic nitrogens is 3. The maximum absolute atomic E-state index is 12.9. The molecule has 152 valence electrons. The lowest BCUT2D eigenvalue weighted by atomic mass is 10.1. The fraction of sp³-hybridized carbons (Fsp3) is 0.208. The SMILES string of the molecule is Cc1ccc(-n2nc(C)c3c(C)cc(=O)n(CC(=O)NCc4ccccc4)c32)cc1. The van der Waals surface area contributed by atoms with Crippen molar-refractivity contribution >= 4 is 16.9 Å². The van der Waals surface area contributed by atoms with Gasteiger partial charge in [0.2, 0.25) is 5.91 Å². The number of hydrogen-bond acceptors (Lipinski definition) is 3. The summed E-state index contributed by atoms with van der Waals surface area (Å²) in [4.78, 5) is 25.5. The Kier molecular flexibility index (Phi) is 5.23. The van der Waals surface area contributed by atoms with Crippen LogP contribution in [0, 0.1) is 20.8 Å². The third-order valence-corrected chi connectivity index (χ3v) is 5.20. The first kappa shape index (κ1) is 19.6. The zero-order valence-corrected chi connectivity index (χ0v) is 17.3. The molecule has 4 rings (SSSR count). The van der Waals surface area contributed by atoms with Crippen LogP contribution in [-0.2, 0) is 17.9 Å². The predicted molar refractivity (Wildman–Crippen MR) is 118 cm³/mol. The van der Waals surface area contributed by atoms with E-state index in [1.807, 2.05) is 75.4 Å². The van der Waals surface area contributed by atoms with Crippen molar-refractivity contribution in [1.29, 1.82) is 0 Å². The van der Waals surface area contributed by atoms with E-state index in [0.717, 1.165) is 33.5 Å². The lowest BCUT2D eigenvalue weighted by Gasteiger charge is -2.13. The van der Waals surface area contributed by atoms with Crippen LogP contribution >= 0.6 is 0 Å². The average molecular weight is 400 g/mol. The fourth-order valence-electron chi connectivity index (χ4n) is 3.68. The number of nitrogens with zero attached hydrogens (tertiary/aromatic N) is 3. The Bertz CT molecular complexity index is 1270. The molecule has 0 atom stereocenters. The summed E-state index contributed by atoms with van der Waals surface area (Å²) in [5, 5.41) is 8.47. The van der Waals surface area contributed by atoms with Crippen molar-refractivity contribution in [1.82, 2.24) is 19.7 Å². The number of carbonyl (C=O) groups is 1. The van der Waals surface area contributed by atoms with Crippen LogP contribution in [0.2, 0.25) is 0 Å². The van der Waals surface area contributed by atoms with Crippen LogP contribution in [0.3, 0.4) is 0 Å². The van der Waals surface area contributed by atoms with Crippen molar-refractivity contribution in [2.75, 3.05) is 0 Å². The largest absolute Gasteiger partial charge is 0.350 e. The molecule has 2 aromatic carbocycles. The highest BCUT2D eigenvalue weighted by Gasteiger charge is 2.18. The van der Waals surface area contributed by atoms with Crippen LogP contribution in [0.25, 0.3) is 16.7 Å². The quantitative estimate of drug-likeness (QED) is 0.558. The van der Waals surface area contributed by atoms with Gasteiger partial charge in [-0.15, -0.1) is 0 Å².